The smallest absolute Gasteiger partial charge is 0.240 e. The largest absolute Gasteiger partial charge is 0.373 e. The highest BCUT2D eigenvalue weighted by atomic mass is 32.1. The summed E-state index contributed by atoms with van der Waals surface area (Å²) in [6.45, 7) is 5.63. The molecule has 2 rings (SSSR count). The molecule has 2 N–H and O–H groups in total. The van der Waals surface area contributed by atoms with Crippen LogP contribution in [0.4, 0.5) is 0 Å². The van der Waals surface area contributed by atoms with E-state index in [9.17, 15) is 4.79 Å². The van der Waals surface area contributed by atoms with Gasteiger partial charge in [-0.3, -0.25) is 14.5 Å². The van der Waals surface area contributed by atoms with Crippen LogP contribution < -0.4 is 5.32 Å². The quantitative estimate of drug-likeness (QED) is 0.782. The van der Waals surface area contributed by atoms with E-state index in [0.717, 1.165) is 38.1 Å². The molecule has 0 unspecified atom stereocenters. The highest BCUT2D eigenvalue weighted by Crippen LogP contribution is 2.23. The number of carbonyl (C=O) groups is 1. The average molecular weight is 298 g/mol. The number of amides is 1. The van der Waals surface area contributed by atoms with Gasteiger partial charge >= 0.3 is 0 Å². The number of hydrogen-bond acceptors (Lipinski definition) is 4. The number of aromatic amines is 1. The zero-order chi connectivity index (χ0) is 14.6. The van der Waals surface area contributed by atoms with Crippen molar-refractivity contribution in [3.63, 3.8) is 0 Å². The predicted molar refractivity (Wildman–Crippen MR) is 78.0 cm³/mol. The van der Waals surface area contributed by atoms with Gasteiger partial charge in [0.2, 0.25) is 5.91 Å². The summed E-state index contributed by atoms with van der Waals surface area (Å²) in [6, 6.07) is 0. The number of aromatic nitrogens is 3. The van der Waals surface area contributed by atoms with Gasteiger partial charge in [-0.1, -0.05) is 6.92 Å². The van der Waals surface area contributed by atoms with Crippen molar-refractivity contribution in [3.8, 4) is 0 Å². The molecule has 0 spiro atoms. The minimum absolute atomic E-state index is 0.0587. The van der Waals surface area contributed by atoms with Crippen LogP contribution in [-0.4, -0.2) is 39.4 Å². The first-order valence-electron chi connectivity index (χ1n) is 7.09. The minimum Gasteiger partial charge on any atom is -0.373 e. The van der Waals surface area contributed by atoms with Gasteiger partial charge < -0.3 is 10.1 Å². The van der Waals surface area contributed by atoms with Crippen molar-refractivity contribution in [3.05, 3.63) is 10.6 Å². The Morgan fingerprint density at radius 3 is 3.10 bits per heavy atom. The third kappa shape index (κ3) is 3.67. The van der Waals surface area contributed by atoms with E-state index in [0.29, 0.717) is 11.3 Å². The topological polar surface area (TPSA) is 71.9 Å². The highest BCUT2D eigenvalue weighted by molar-refractivity contribution is 7.71. The molecule has 1 aliphatic rings. The Morgan fingerprint density at radius 1 is 1.65 bits per heavy atom. The normalized spacial score (nSPS) is 22.1. The summed E-state index contributed by atoms with van der Waals surface area (Å²) in [6.07, 6.45) is 3.81. The lowest BCUT2D eigenvalue weighted by Gasteiger charge is -2.23. The van der Waals surface area contributed by atoms with E-state index >= 15 is 0 Å². The van der Waals surface area contributed by atoms with Crippen LogP contribution in [0, 0.1) is 4.77 Å². The van der Waals surface area contributed by atoms with Gasteiger partial charge in [0.1, 0.15) is 12.4 Å². The standard InChI is InChI=1S/C13H22N4O2S/c1-3-5-10-15-16-12(20)17(10)8-11(18)14-9-13(2)6-4-7-19-13/h3-9H2,1-2H3,(H,14,18)(H,16,20)/t13-/m1/s1. The second-order valence-electron chi connectivity index (χ2n) is 5.46. The second-order valence-corrected chi connectivity index (χ2v) is 5.85. The molecule has 0 saturated carbocycles. The van der Waals surface area contributed by atoms with Gasteiger partial charge in [0, 0.05) is 19.6 Å². The fourth-order valence-electron chi connectivity index (χ4n) is 2.39. The third-order valence-corrected chi connectivity index (χ3v) is 3.88. The monoisotopic (exact) mass is 298 g/mol. The Morgan fingerprint density at radius 2 is 2.45 bits per heavy atom. The summed E-state index contributed by atoms with van der Waals surface area (Å²) in [4.78, 5) is 12.0. The molecule has 1 aromatic rings. The molecule has 0 radical (unpaired) electrons. The third-order valence-electron chi connectivity index (χ3n) is 3.57. The van der Waals surface area contributed by atoms with Crippen LogP contribution >= 0.6 is 12.2 Å². The molecular formula is C13H22N4O2S. The number of nitrogens with one attached hydrogen (secondary N) is 2. The summed E-state index contributed by atoms with van der Waals surface area (Å²) >= 11 is 5.16. The maximum absolute atomic E-state index is 12.0. The maximum Gasteiger partial charge on any atom is 0.240 e. The molecule has 6 nitrogen and oxygen atoms in total. The van der Waals surface area contributed by atoms with Gasteiger partial charge in [-0.15, -0.1) is 0 Å². The van der Waals surface area contributed by atoms with Crippen molar-refractivity contribution in [1.29, 1.82) is 0 Å². The highest BCUT2D eigenvalue weighted by Gasteiger charge is 2.30. The first kappa shape index (κ1) is 15.2. The lowest BCUT2D eigenvalue weighted by Crippen LogP contribution is -2.41. The Balaban J connectivity index is 1.91. The Hall–Kier alpha value is -1.21. The van der Waals surface area contributed by atoms with E-state index in [2.05, 4.69) is 22.4 Å². The van der Waals surface area contributed by atoms with Gasteiger partial charge in [0.05, 0.1) is 5.60 Å². The molecule has 1 aromatic heterocycles. The van der Waals surface area contributed by atoms with Crippen LogP contribution in [0.25, 0.3) is 0 Å². The Labute approximate surface area is 123 Å². The van der Waals surface area contributed by atoms with Crippen LogP contribution in [-0.2, 0) is 22.5 Å². The average Bonchev–Trinajstić information content (AvgIpc) is 2.98. The number of rotatable bonds is 6. The van der Waals surface area contributed by atoms with Crippen molar-refractivity contribution in [2.24, 2.45) is 0 Å². The van der Waals surface area contributed by atoms with Crippen molar-refractivity contribution in [1.82, 2.24) is 20.1 Å². The molecule has 1 saturated heterocycles. The van der Waals surface area contributed by atoms with Crippen molar-refractivity contribution >= 4 is 18.1 Å². The molecule has 0 aliphatic carbocycles. The SMILES string of the molecule is CCCc1n[nH]c(=S)n1CC(=O)NC[C@@]1(C)CCCO1. The Bertz CT molecular complexity index is 517. The van der Waals surface area contributed by atoms with Crippen LogP contribution in [0.5, 0.6) is 0 Å². The second kappa shape index (κ2) is 6.49. The molecule has 1 fully saturated rings. The molecule has 1 amide bonds. The van der Waals surface area contributed by atoms with E-state index in [-0.39, 0.29) is 18.1 Å². The van der Waals surface area contributed by atoms with E-state index in [1.54, 1.807) is 4.57 Å². The van der Waals surface area contributed by atoms with Crippen LogP contribution in [0.1, 0.15) is 38.9 Å². The van der Waals surface area contributed by atoms with Crippen molar-refractivity contribution in [2.75, 3.05) is 13.2 Å². The molecule has 7 heteroatoms. The number of ether oxygens (including phenoxy) is 1. The van der Waals surface area contributed by atoms with Crippen molar-refractivity contribution in [2.45, 2.75) is 51.7 Å². The first-order valence-corrected chi connectivity index (χ1v) is 7.49. The van der Waals surface area contributed by atoms with Gasteiger partial charge in [-0.25, -0.2) is 0 Å². The summed E-state index contributed by atoms with van der Waals surface area (Å²) in [5.74, 6) is 0.771. The van der Waals surface area contributed by atoms with E-state index in [1.165, 1.54) is 0 Å². The molecule has 1 atom stereocenters. The number of nitrogens with zero attached hydrogens (tertiary/aromatic N) is 2. The fourth-order valence-corrected chi connectivity index (χ4v) is 2.60. The van der Waals surface area contributed by atoms with E-state index in [4.69, 9.17) is 17.0 Å². The lowest BCUT2D eigenvalue weighted by molar-refractivity contribution is -0.123. The lowest BCUT2D eigenvalue weighted by atomic mass is 10.0. The number of H-pyrrole nitrogens is 1. The first-order chi connectivity index (χ1) is 9.54. The summed E-state index contributed by atoms with van der Waals surface area (Å²) in [7, 11) is 0. The molecule has 2 heterocycles. The summed E-state index contributed by atoms with van der Waals surface area (Å²) in [5.41, 5.74) is -0.222. The molecule has 0 bridgehead atoms. The molecule has 20 heavy (non-hydrogen) atoms. The van der Waals surface area contributed by atoms with Crippen molar-refractivity contribution < 1.29 is 9.53 Å². The van der Waals surface area contributed by atoms with E-state index < -0.39 is 0 Å². The zero-order valence-corrected chi connectivity index (χ0v) is 12.9. The zero-order valence-electron chi connectivity index (χ0n) is 12.1. The fraction of sp³-hybridized carbons (Fsp3) is 0.769. The number of hydrogen-bond donors (Lipinski definition) is 2. The number of carbonyl (C=O) groups excluding carboxylic acids is 1. The van der Waals surface area contributed by atoms with Crippen LogP contribution in [0.15, 0.2) is 0 Å². The molecule has 0 aromatic carbocycles. The van der Waals surface area contributed by atoms with Crippen LogP contribution in [0.3, 0.4) is 0 Å². The summed E-state index contributed by atoms with van der Waals surface area (Å²) in [5, 5.41) is 9.82. The van der Waals surface area contributed by atoms with Crippen LogP contribution in [0.2, 0.25) is 0 Å². The molecule has 112 valence electrons. The predicted octanol–water partition coefficient (Wildman–Crippen LogP) is 1.58. The molecular weight excluding hydrogens is 276 g/mol. The maximum atomic E-state index is 12.0. The number of aryl methyl sites for hydroxylation is 1. The summed E-state index contributed by atoms with van der Waals surface area (Å²) < 4.78 is 7.90. The van der Waals surface area contributed by atoms with Gasteiger partial charge in [0.15, 0.2) is 4.77 Å². The minimum atomic E-state index is -0.222. The van der Waals surface area contributed by atoms with Gasteiger partial charge in [0.25, 0.3) is 0 Å². The van der Waals surface area contributed by atoms with Gasteiger partial charge in [-0.05, 0) is 38.4 Å². The molecule has 1 aliphatic heterocycles. The Kier molecular flexibility index (Phi) is 4.93. The van der Waals surface area contributed by atoms with E-state index in [1.807, 2.05) is 6.92 Å². The van der Waals surface area contributed by atoms with Gasteiger partial charge in [-0.2, -0.15) is 5.10 Å².